The lowest BCUT2D eigenvalue weighted by Crippen LogP contribution is -2.49. The first-order chi connectivity index (χ1) is 9.89. The third kappa shape index (κ3) is 6.34. The van der Waals surface area contributed by atoms with E-state index in [2.05, 4.69) is 54.0 Å². The Hall–Kier alpha value is -1.11. The molecule has 1 rings (SSSR count). The minimum atomic E-state index is -0.633. The largest absolute Gasteiger partial charge is 0.343 e. The van der Waals surface area contributed by atoms with Crippen molar-refractivity contribution in [2.24, 2.45) is 5.41 Å². The van der Waals surface area contributed by atoms with E-state index < -0.39 is 17.4 Å². The molecule has 22 heavy (non-hydrogen) atoms. The Morgan fingerprint density at radius 3 is 2.18 bits per heavy atom. The van der Waals surface area contributed by atoms with Crippen LogP contribution in [0.5, 0.6) is 0 Å². The van der Waals surface area contributed by atoms with E-state index in [4.69, 9.17) is 0 Å². The van der Waals surface area contributed by atoms with Crippen molar-refractivity contribution in [3.05, 3.63) is 27.3 Å². The summed E-state index contributed by atoms with van der Waals surface area (Å²) in [4.78, 5) is 24.2. The first-order valence-corrected chi connectivity index (χ1v) is 8.37. The van der Waals surface area contributed by atoms with E-state index in [0.717, 1.165) is 15.6 Å². The number of hydrogen-bond donors (Lipinski definition) is 2. The number of carbonyl (C=O) groups is 2. The van der Waals surface area contributed by atoms with Gasteiger partial charge in [-0.05, 0) is 79.0 Å². The fourth-order valence-corrected chi connectivity index (χ4v) is 3.33. The number of amides is 2. The Labute approximate surface area is 146 Å². The van der Waals surface area contributed by atoms with Gasteiger partial charge in [-0.25, -0.2) is 0 Å². The van der Waals surface area contributed by atoms with Gasteiger partial charge in [0.05, 0.1) is 0 Å². The molecule has 1 aromatic carbocycles. The van der Waals surface area contributed by atoms with Crippen molar-refractivity contribution in [1.82, 2.24) is 5.32 Å². The maximum Gasteiger partial charge on any atom is 0.313 e. The van der Waals surface area contributed by atoms with Crippen LogP contribution in [0.4, 0.5) is 5.69 Å². The van der Waals surface area contributed by atoms with Crippen LogP contribution in [-0.2, 0) is 9.59 Å². The average molecular weight is 416 g/mol. The zero-order chi connectivity index (χ0) is 17.1. The van der Waals surface area contributed by atoms with Gasteiger partial charge < -0.3 is 10.6 Å². The summed E-state index contributed by atoms with van der Waals surface area (Å²) in [7, 11) is 0. The standard InChI is InChI=1S/C17H25IN2O2/c1-11-9-12(18)7-8-13(11)19-14(21)15(22)20-17(5,6)10-16(2,3)4/h7-9H,10H2,1-6H3,(H,19,21)(H,20,22). The van der Waals surface area contributed by atoms with Crippen LogP contribution >= 0.6 is 22.6 Å². The normalized spacial score (nSPS) is 12.0. The molecule has 0 spiro atoms. The summed E-state index contributed by atoms with van der Waals surface area (Å²) in [6, 6.07) is 5.66. The van der Waals surface area contributed by atoms with E-state index in [-0.39, 0.29) is 5.41 Å². The molecule has 0 radical (unpaired) electrons. The number of halogens is 1. The maximum absolute atomic E-state index is 12.1. The molecule has 0 aliphatic rings. The first-order valence-electron chi connectivity index (χ1n) is 7.29. The van der Waals surface area contributed by atoms with Crippen LogP contribution in [0.25, 0.3) is 0 Å². The topological polar surface area (TPSA) is 58.2 Å². The lowest BCUT2D eigenvalue weighted by Gasteiger charge is -2.33. The summed E-state index contributed by atoms with van der Waals surface area (Å²) in [6.07, 6.45) is 0.779. The van der Waals surface area contributed by atoms with Gasteiger partial charge in [0, 0.05) is 14.8 Å². The third-order valence-corrected chi connectivity index (χ3v) is 3.74. The highest BCUT2D eigenvalue weighted by atomic mass is 127. The number of hydrogen-bond acceptors (Lipinski definition) is 2. The van der Waals surface area contributed by atoms with Gasteiger partial charge in [-0.15, -0.1) is 0 Å². The molecule has 0 fully saturated rings. The fourth-order valence-electron chi connectivity index (χ4n) is 2.68. The van der Waals surface area contributed by atoms with E-state index in [1.807, 2.05) is 39.0 Å². The van der Waals surface area contributed by atoms with Crippen LogP contribution in [0, 0.1) is 15.9 Å². The highest BCUT2D eigenvalue weighted by Gasteiger charge is 2.29. The Bertz CT molecular complexity index is 575. The van der Waals surface area contributed by atoms with Crippen LogP contribution in [0.2, 0.25) is 0 Å². The molecule has 2 amide bonds. The highest BCUT2D eigenvalue weighted by Crippen LogP contribution is 2.26. The zero-order valence-electron chi connectivity index (χ0n) is 14.1. The second-order valence-corrected chi connectivity index (χ2v) is 8.73. The van der Waals surface area contributed by atoms with Crippen LogP contribution in [0.1, 0.15) is 46.6 Å². The molecule has 0 atom stereocenters. The van der Waals surface area contributed by atoms with E-state index in [9.17, 15) is 9.59 Å². The summed E-state index contributed by atoms with van der Waals surface area (Å²) >= 11 is 2.21. The zero-order valence-corrected chi connectivity index (χ0v) is 16.3. The molecule has 0 saturated heterocycles. The average Bonchev–Trinajstić information content (AvgIpc) is 2.28. The first kappa shape index (κ1) is 18.9. The van der Waals surface area contributed by atoms with Crippen molar-refractivity contribution in [1.29, 1.82) is 0 Å². The van der Waals surface area contributed by atoms with Crippen LogP contribution in [-0.4, -0.2) is 17.4 Å². The molecule has 4 nitrogen and oxygen atoms in total. The summed E-state index contributed by atoms with van der Waals surface area (Å²) in [6.45, 7) is 12.1. The number of rotatable bonds is 3. The van der Waals surface area contributed by atoms with Gasteiger partial charge in [-0.1, -0.05) is 20.8 Å². The summed E-state index contributed by atoms with van der Waals surface area (Å²) in [5.74, 6) is -1.24. The smallest absolute Gasteiger partial charge is 0.313 e. The van der Waals surface area contributed by atoms with E-state index in [1.165, 1.54) is 0 Å². The van der Waals surface area contributed by atoms with Crippen molar-refractivity contribution < 1.29 is 9.59 Å². The molecule has 2 N–H and O–H groups in total. The minimum absolute atomic E-state index is 0.0694. The maximum atomic E-state index is 12.1. The van der Waals surface area contributed by atoms with Gasteiger partial charge in [0.1, 0.15) is 0 Å². The van der Waals surface area contributed by atoms with Crippen molar-refractivity contribution in [3.63, 3.8) is 0 Å². The predicted octanol–water partition coefficient (Wildman–Crippen LogP) is 3.87. The van der Waals surface area contributed by atoms with Crippen molar-refractivity contribution >= 4 is 40.1 Å². The van der Waals surface area contributed by atoms with Crippen LogP contribution in [0.3, 0.4) is 0 Å². The summed E-state index contributed by atoms with van der Waals surface area (Å²) in [5, 5.41) is 5.48. The summed E-state index contributed by atoms with van der Waals surface area (Å²) in [5.41, 5.74) is 1.23. The van der Waals surface area contributed by atoms with E-state index in [0.29, 0.717) is 5.69 Å². The van der Waals surface area contributed by atoms with Gasteiger partial charge in [-0.3, -0.25) is 9.59 Å². The Kier molecular flexibility index (Phi) is 6.01. The van der Waals surface area contributed by atoms with Gasteiger partial charge >= 0.3 is 11.8 Å². The molecule has 122 valence electrons. The minimum Gasteiger partial charge on any atom is -0.343 e. The lowest BCUT2D eigenvalue weighted by atomic mass is 9.82. The highest BCUT2D eigenvalue weighted by molar-refractivity contribution is 14.1. The van der Waals surface area contributed by atoms with Gasteiger partial charge in [0.15, 0.2) is 0 Å². The molecular formula is C17H25IN2O2. The second kappa shape index (κ2) is 6.98. The number of anilines is 1. The SMILES string of the molecule is Cc1cc(I)ccc1NC(=O)C(=O)NC(C)(C)CC(C)(C)C. The third-order valence-electron chi connectivity index (χ3n) is 3.07. The van der Waals surface area contributed by atoms with Crippen molar-refractivity contribution in [2.75, 3.05) is 5.32 Å². The number of benzene rings is 1. The molecule has 0 aliphatic carbocycles. The molecule has 1 aromatic rings. The van der Waals surface area contributed by atoms with Crippen LogP contribution in [0.15, 0.2) is 18.2 Å². The van der Waals surface area contributed by atoms with Gasteiger partial charge in [0.2, 0.25) is 0 Å². The Balaban J connectivity index is 2.71. The fraction of sp³-hybridized carbons (Fsp3) is 0.529. The Morgan fingerprint density at radius 2 is 1.68 bits per heavy atom. The molecule has 0 heterocycles. The van der Waals surface area contributed by atoms with Crippen molar-refractivity contribution in [3.8, 4) is 0 Å². The molecule has 0 aromatic heterocycles. The Morgan fingerprint density at radius 1 is 1.09 bits per heavy atom. The molecule has 0 aliphatic heterocycles. The van der Waals surface area contributed by atoms with Crippen LogP contribution < -0.4 is 10.6 Å². The predicted molar refractivity (Wildman–Crippen MR) is 98.8 cm³/mol. The number of nitrogens with one attached hydrogen (secondary N) is 2. The lowest BCUT2D eigenvalue weighted by molar-refractivity contribution is -0.137. The molecule has 5 heteroatoms. The van der Waals surface area contributed by atoms with Gasteiger partial charge in [0.25, 0.3) is 0 Å². The number of carbonyl (C=O) groups excluding carboxylic acids is 2. The van der Waals surface area contributed by atoms with Crippen molar-refractivity contribution in [2.45, 2.75) is 53.5 Å². The quantitative estimate of drug-likeness (QED) is 0.581. The van der Waals surface area contributed by atoms with Gasteiger partial charge in [-0.2, -0.15) is 0 Å². The van der Waals surface area contributed by atoms with E-state index >= 15 is 0 Å². The molecule has 0 bridgehead atoms. The molecule has 0 unspecified atom stereocenters. The molecular weight excluding hydrogens is 391 g/mol. The second-order valence-electron chi connectivity index (χ2n) is 7.49. The summed E-state index contributed by atoms with van der Waals surface area (Å²) < 4.78 is 1.09. The van der Waals surface area contributed by atoms with E-state index in [1.54, 1.807) is 0 Å². The molecule has 0 saturated carbocycles. The number of aryl methyl sites for hydroxylation is 1. The monoisotopic (exact) mass is 416 g/mol.